The molecule has 0 saturated carbocycles. The topological polar surface area (TPSA) is 71.3 Å². The SMILES string of the molecule is CN=C(NCCCn1cccn1)NCCS(=O)c1ccccc1.I. The average molecular weight is 461 g/mol. The second-order valence-electron chi connectivity index (χ2n) is 4.91. The van der Waals surface area contributed by atoms with Gasteiger partial charge in [0, 0.05) is 49.7 Å². The van der Waals surface area contributed by atoms with Crippen molar-refractivity contribution in [2.45, 2.75) is 17.9 Å². The van der Waals surface area contributed by atoms with Gasteiger partial charge in [0.2, 0.25) is 0 Å². The van der Waals surface area contributed by atoms with Gasteiger partial charge in [-0.05, 0) is 24.6 Å². The maximum atomic E-state index is 12.1. The Morgan fingerprint density at radius 1 is 1.21 bits per heavy atom. The molecule has 1 atom stereocenters. The third-order valence-corrected chi connectivity index (χ3v) is 4.60. The zero-order valence-corrected chi connectivity index (χ0v) is 16.9. The molecule has 0 amide bonds. The molecule has 0 fully saturated rings. The second kappa shape index (κ2) is 12.0. The van der Waals surface area contributed by atoms with E-state index in [1.54, 1.807) is 13.2 Å². The van der Waals surface area contributed by atoms with Crippen LogP contribution in [0.1, 0.15) is 6.42 Å². The van der Waals surface area contributed by atoms with Crippen LogP contribution in [0.2, 0.25) is 0 Å². The largest absolute Gasteiger partial charge is 0.356 e. The highest BCUT2D eigenvalue weighted by Crippen LogP contribution is 2.04. The van der Waals surface area contributed by atoms with Gasteiger partial charge in [-0.15, -0.1) is 24.0 Å². The first-order chi connectivity index (χ1) is 11.3. The summed E-state index contributed by atoms with van der Waals surface area (Å²) in [7, 11) is 0.747. The van der Waals surface area contributed by atoms with Crippen LogP contribution in [0.25, 0.3) is 0 Å². The molecule has 1 aromatic carbocycles. The van der Waals surface area contributed by atoms with Crippen LogP contribution in [-0.4, -0.2) is 45.8 Å². The third-order valence-electron chi connectivity index (χ3n) is 3.23. The number of nitrogens with zero attached hydrogens (tertiary/aromatic N) is 3. The number of rotatable bonds is 8. The van der Waals surface area contributed by atoms with Crippen molar-refractivity contribution in [1.82, 2.24) is 20.4 Å². The molecule has 0 aliphatic heterocycles. The van der Waals surface area contributed by atoms with Crippen LogP contribution < -0.4 is 10.6 Å². The molecule has 2 aromatic rings. The first-order valence-corrected chi connectivity index (χ1v) is 8.97. The van der Waals surface area contributed by atoms with E-state index in [4.69, 9.17) is 0 Å². The van der Waals surface area contributed by atoms with Gasteiger partial charge in [0.1, 0.15) is 0 Å². The van der Waals surface area contributed by atoms with Gasteiger partial charge in [-0.25, -0.2) is 0 Å². The number of aryl methyl sites for hydroxylation is 1. The van der Waals surface area contributed by atoms with Gasteiger partial charge < -0.3 is 10.6 Å². The number of nitrogens with one attached hydrogen (secondary N) is 2. The van der Waals surface area contributed by atoms with Crippen molar-refractivity contribution in [2.75, 3.05) is 25.9 Å². The van der Waals surface area contributed by atoms with E-state index in [1.807, 2.05) is 47.3 Å². The average Bonchev–Trinajstić information content (AvgIpc) is 3.11. The maximum absolute atomic E-state index is 12.1. The molecule has 0 aliphatic rings. The number of hydrogen-bond donors (Lipinski definition) is 2. The Bertz CT molecular complexity index is 619. The van der Waals surface area contributed by atoms with Crippen molar-refractivity contribution in [3.05, 3.63) is 48.8 Å². The van der Waals surface area contributed by atoms with E-state index >= 15 is 0 Å². The van der Waals surface area contributed by atoms with Gasteiger partial charge in [0.15, 0.2) is 5.96 Å². The molecule has 132 valence electrons. The fourth-order valence-electron chi connectivity index (χ4n) is 2.05. The normalized spacial score (nSPS) is 12.3. The number of benzene rings is 1. The number of halogens is 1. The van der Waals surface area contributed by atoms with Crippen molar-refractivity contribution in [2.24, 2.45) is 4.99 Å². The maximum Gasteiger partial charge on any atom is 0.191 e. The van der Waals surface area contributed by atoms with E-state index in [9.17, 15) is 4.21 Å². The fourth-order valence-corrected chi connectivity index (χ4v) is 3.04. The highest BCUT2D eigenvalue weighted by molar-refractivity contribution is 14.0. The Balaban J connectivity index is 0.00000288. The van der Waals surface area contributed by atoms with Gasteiger partial charge >= 0.3 is 0 Å². The van der Waals surface area contributed by atoms with Gasteiger partial charge in [-0.1, -0.05) is 18.2 Å². The lowest BCUT2D eigenvalue weighted by Crippen LogP contribution is -2.39. The number of aromatic nitrogens is 2. The Hall–Kier alpha value is -1.42. The molecule has 6 nitrogen and oxygen atoms in total. The van der Waals surface area contributed by atoms with E-state index in [0.717, 1.165) is 30.4 Å². The molecule has 2 rings (SSSR count). The zero-order valence-electron chi connectivity index (χ0n) is 13.7. The molecule has 1 aromatic heterocycles. The fraction of sp³-hybridized carbons (Fsp3) is 0.375. The van der Waals surface area contributed by atoms with Crippen molar-refractivity contribution in [3.63, 3.8) is 0 Å². The van der Waals surface area contributed by atoms with Crippen LogP contribution in [0.5, 0.6) is 0 Å². The van der Waals surface area contributed by atoms with Gasteiger partial charge in [-0.2, -0.15) is 5.10 Å². The summed E-state index contributed by atoms with van der Waals surface area (Å²) in [6.45, 7) is 2.29. The zero-order chi connectivity index (χ0) is 16.3. The Morgan fingerprint density at radius 3 is 2.62 bits per heavy atom. The number of guanidine groups is 1. The van der Waals surface area contributed by atoms with E-state index in [-0.39, 0.29) is 24.0 Å². The van der Waals surface area contributed by atoms with Gasteiger partial charge in [-0.3, -0.25) is 13.9 Å². The first-order valence-electron chi connectivity index (χ1n) is 7.65. The predicted octanol–water partition coefficient (Wildman–Crippen LogP) is 1.86. The standard InChI is InChI=1S/C16H23N5OS.HI/c1-17-16(18-9-5-12-21-13-6-10-20-21)19-11-14-23(22)15-7-3-2-4-8-15;/h2-4,6-8,10,13H,5,9,11-12,14H2,1H3,(H2,17,18,19);1H. The molecule has 8 heteroatoms. The highest BCUT2D eigenvalue weighted by atomic mass is 127. The van der Waals surface area contributed by atoms with Crippen molar-refractivity contribution in [3.8, 4) is 0 Å². The minimum absolute atomic E-state index is 0. The minimum atomic E-state index is -0.986. The molecular formula is C16H24IN5OS. The lowest BCUT2D eigenvalue weighted by molar-refractivity contribution is 0.570. The monoisotopic (exact) mass is 461 g/mol. The lowest BCUT2D eigenvalue weighted by Gasteiger charge is -2.11. The highest BCUT2D eigenvalue weighted by Gasteiger charge is 2.03. The summed E-state index contributed by atoms with van der Waals surface area (Å²) in [5, 5.41) is 10.6. The van der Waals surface area contributed by atoms with Crippen LogP contribution >= 0.6 is 24.0 Å². The predicted molar refractivity (Wildman–Crippen MR) is 109 cm³/mol. The molecule has 0 bridgehead atoms. The van der Waals surface area contributed by atoms with Crippen LogP contribution in [0.4, 0.5) is 0 Å². The Morgan fingerprint density at radius 2 is 1.96 bits per heavy atom. The summed E-state index contributed by atoms with van der Waals surface area (Å²) < 4.78 is 14.0. The summed E-state index contributed by atoms with van der Waals surface area (Å²) >= 11 is 0. The van der Waals surface area contributed by atoms with Crippen LogP contribution in [0, 0.1) is 0 Å². The molecule has 0 spiro atoms. The molecule has 0 radical (unpaired) electrons. The van der Waals surface area contributed by atoms with Crippen molar-refractivity contribution < 1.29 is 4.21 Å². The molecule has 24 heavy (non-hydrogen) atoms. The minimum Gasteiger partial charge on any atom is -0.356 e. The van der Waals surface area contributed by atoms with E-state index in [2.05, 4.69) is 20.7 Å². The summed E-state index contributed by atoms with van der Waals surface area (Å²) in [5.41, 5.74) is 0. The van der Waals surface area contributed by atoms with E-state index in [0.29, 0.717) is 12.3 Å². The smallest absolute Gasteiger partial charge is 0.191 e. The van der Waals surface area contributed by atoms with Crippen LogP contribution in [0.15, 0.2) is 58.7 Å². The van der Waals surface area contributed by atoms with Crippen molar-refractivity contribution in [1.29, 1.82) is 0 Å². The van der Waals surface area contributed by atoms with Crippen molar-refractivity contribution >= 4 is 40.7 Å². The molecule has 0 aliphatic carbocycles. The summed E-state index contributed by atoms with van der Waals surface area (Å²) in [4.78, 5) is 5.02. The molecule has 1 heterocycles. The molecular weight excluding hydrogens is 437 g/mol. The van der Waals surface area contributed by atoms with Gasteiger partial charge in [0.05, 0.1) is 10.8 Å². The van der Waals surface area contributed by atoms with Gasteiger partial charge in [0.25, 0.3) is 0 Å². The number of hydrogen-bond acceptors (Lipinski definition) is 3. The van der Waals surface area contributed by atoms with E-state index in [1.165, 1.54) is 0 Å². The summed E-state index contributed by atoms with van der Waals surface area (Å²) in [6.07, 6.45) is 4.69. The summed E-state index contributed by atoms with van der Waals surface area (Å²) in [6, 6.07) is 11.4. The van der Waals surface area contributed by atoms with Crippen LogP contribution in [-0.2, 0) is 17.3 Å². The molecule has 1 unspecified atom stereocenters. The Kier molecular flexibility index (Phi) is 10.3. The molecule has 0 saturated heterocycles. The van der Waals surface area contributed by atoms with Crippen LogP contribution in [0.3, 0.4) is 0 Å². The second-order valence-corrected chi connectivity index (χ2v) is 6.48. The molecule has 2 N–H and O–H groups in total. The number of aliphatic imine (C=N–C) groups is 1. The third kappa shape index (κ3) is 7.43. The van der Waals surface area contributed by atoms with E-state index < -0.39 is 10.8 Å². The first kappa shape index (κ1) is 20.6. The lowest BCUT2D eigenvalue weighted by atomic mass is 10.4. The Labute approximate surface area is 162 Å². The summed E-state index contributed by atoms with van der Waals surface area (Å²) in [5.74, 6) is 1.29. The quantitative estimate of drug-likeness (QED) is 0.273.